The summed E-state index contributed by atoms with van der Waals surface area (Å²) in [6.45, 7) is 0. The maximum absolute atomic E-state index is 7.24. The smallest absolute Gasteiger partial charge is 0.390 e. The maximum atomic E-state index is 7.24. The Balaban J connectivity index is 1.74. The lowest BCUT2D eigenvalue weighted by molar-refractivity contribution is 0.00370. The Bertz CT molecular complexity index is 1270. The van der Waals surface area contributed by atoms with Gasteiger partial charge in [0.2, 0.25) is 0 Å². The van der Waals surface area contributed by atoms with Crippen molar-refractivity contribution >= 4 is 28.5 Å². The van der Waals surface area contributed by atoms with Gasteiger partial charge in [0, 0.05) is 4.47 Å². The van der Waals surface area contributed by atoms with Crippen LogP contribution in [0.25, 0.3) is 0 Å². The van der Waals surface area contributed by atoms with Crippen LogP contribution in [0, 0.1) is 0 Å². The molecule has 0 N–H and O–H groups in total. The van der Waals surface area contributed by atoms with Crippen LogP contribution < -0.4 is 5.46 Å². The quantitative estimate of drug-likeness (QED) is 0.226. The molecule has 0 spiro atoms. The molecule has 6 rings (SSSR count). The molecule has 0 radical (unpaired) electrons. The first-order valence-electron chi connectivity index (χ1n) is 12.1. The molecule has 1 aliphatic rings. The Labute approximate surface area is 220 Å². The Morgan fingerprint density at radius 1 is 0.444 bits per heavy atom. The molecule has 5 aromatic carbocycles. The Morgan fingerprint density at radius 3 is 1.14 bits per heavy atom. The van der Waals surface area contributed by atoms with Crippen LogP contribution in [0.4, 0.5) is 0 Å². The molecule has 0 atom stereocenters. The highest BCUT2D eigenvalue weighted by Gasteiger charge is 2.65. The summed E-state index contributed by atoms with van der Waals surface area (Å²) in [4.78, 5) is 0. The van der Waals surface area contributed by atoms with E-state index in [0.29, 0.717) is 0 Å². The molecular formula is C32H24BBrO2. The standard InChI is InChI=1S/C32H24BBrO2/c34-30-23-13-22-29(24-30)33-35-31(25-14-5-1-6-15-25,26-16-7-2-8-17-26)32(36-33,27-18-9-3-10-19-27)28-20-11-4-12-21-28/h1-24H. The lowest BCUT2D eigenvalue weighted by atomic mass is 9.66. The first-order valence-corrected chi connectivity index (χ1v) is 12.9. The van der Waals surface area contributed by atoms with E-state index in [1.165, 1.54) is 0 Å². The van der Waals surface area contributed by atoms with Crippen molar-refractivity contribution in [1.29, 1.82) is 0 Å². The van der Waals surface area contributed by atoms with Gasteiger partial charge in [-0.1, -0.05) is 149 Å². The first-order chi connectivity index (χ1) is 17.7. The number of benzene rings is 5. The van der Waals surface area contributed by atoms with E-state index >= 15 is 0 Å². The third kappa shape index (κ3) is 3.65. The van der Waals surface area contributed by atoms with Crippen LogP contribution in [-0.2, 0) is 20.5 Å². The summed E-state index contributed by atoms with van der Waals surface area (Å²) in [5.74, 6) is 0. The van der Waals surface area contributed by atoms with Crippen molar-refractivity contribution in [1.82, 2.24) is 0 Å². The molecule has 0 unspecified atom stereocenters. The lowest BCUT2D eigenvalue weighted by Crippen LogP contribution is -2.48. The number of halogens is 1. The molecule has 5 aromatic rings. The second-order valence-corrected chi connectivity index (χ2v) is 9.86. The van der Waals surface area contributed by atoms with Crippen LogP contribution in [0.3, 0.4) is 0 Å². The zero-order valence-electron chi connectivity index (χ0n) is 19.6. The van der Waals surface area contributed by atoms with E-state index < -0.39 is 18.3 Å². The molecule has 174 valence electrons. The van der Waals surface area contributed by atoms with Gasteiger partial charge in [0.25, 0.3) is 0 Å². The van der Waals surface area contributed by atoms with E-state index in [1.54, 1.807) is 0 Å². The second kappa shape index (κ2) is 9.55. The van der Waals surface area contributed by atoms with Crippen molar-refractivity contribution < 1.29 is 9.31 Å². The van der Waals surface area contributed by atoms with Crippen molar-refractivity contribution in [3.63, 3.8) is 0 Å². The maximum Gasteiger partial charge on any atom is 0.495 e. The number of hydrogen-bond donors (Lipinski definition) is 0. The highest BCUT2D eigenvalue weighted by molar-refractivity contribution is 9.10. The summed E-state index contributed by atoms with van der Waals surface area (Å²) in [5, 5.41) is 0. The average molecular weight is 531 g/mol. The van der Waals surface area contributed by atoms with Crippen LogP contribution in [0.2, 0.25) is 0 Å². The monoisotopic (exact) mass is 530 g/mol. The minimum absolute atomic E-state index is 0.608. The fraction of sp³-hybridized carbons (Fsp3) is 0.0625. The van der Waals surface area contributed by atoms with Gasteiger partial charge in [-0.2, -0.15) is 0 Å². The van der Waals surface area contributed by atoms with Gasteiger partial charge in [0.05, 0.1) is 0 Å². The Kier molecular flexibility index (Phi) is 6.10. The number of rotatable bonds is 5. The molecule has 1 heterocycles. The normalized spacial score (nSPS) is 16.1. The van der Waals surface area contributed by atoms with E-state index in [-0.39, 0.29) is 0 Å². The van der Waals surface area contributed by atoms with Gasteiger partial charge in [0.15, 0.2) is 0 Å². The highest BCUT2D eigenvalue weighted by Crippen LogP contribution is 2.58. The molecule has 0 bridgehead atoms. The molecule has 1 saturated heterocycles. The van der Waals surface area contributed by atoms with Crippen molar-refractivity contribution in [2.75, 3.05) is 0 Å². The molecule has 0 aliphatic carbocycles. The van der Waals surface area contributed by atoms with Crippen LogP contribution in [0.1, 0.15) is 22.3 Å². The number of hydrogen-bond acceptors (Lipinski definition) is 2. The highest BCUT2D eigenvalue weighted by atomic mass is 79.9. The van der Waals surface area contributed by atoms with Crippen LogP contribution in [0.15, 0.2) is 150 Å². The van der Waals surface area contributed by atoms with Crippen molar-refractivity contribution in [3.05, 3.63) is 172 Å². The second-order valence-electron chi connectivity index (χ2n) is 8.95. The summed E-state index contributed by atoms with van der Waals surface area (Å²) >= 11 is 3.63. The predicted octanol–water partition coefficient (Wildman–Crippen LogP) is 7.08. The van der Waals surface area contributed by atoms with Crippen molar-refractivity contribution in [3.8, 4) is 0 Å². The van der Waals surface area contributed by atoms with E-state index in [9.17, 15) is 0 Å². The minimum atomic E-state index is -0.967. The van der Waals surface area contributed by atoms with E-state index in [1.807, 2.05) is 36.4 Å². The first kappa shape index (κ1) is 23.0. The largest absolute Gasteiger partial charge is 0.495 e. The fourth-order valence-electron chi connectivity index (χ4n) is 5.41. The van der Waals surface area contributed by atoms with Gasteiger partial charge in [-0.3, -0.25) is 0 Å². The van der Waals surface area contributed by atoms with E-state index in [4.69, 9.17) is 9.31 Å². The van der Waals surface area contributed by atoms with Gasteiger partial charge in [-0.05, 0) is 39.8 Å². The lowest BCUT2D eigenvalue weighted by Gasteiger charge is -2.46. The molecule has 2 nitrogen and oxygen atoms in total. The molecular weight excluding hydrogens is 507 g/mol. The third-order valence-electron chi connectivity index (χ3n) is 6.91. The van der Waals surface area contributed by atoms with Gasteiger partial charge < -0.3 is 9.31 Å². The SMILES string of the molecule is Brc1cccc(B2OC(c3ccccc3)(c3ccccc3)C(c3ccccc3)(c3ccccc3)O2)c1. The Morgan fingerprint density at radius 2 is 0.806 bits per heavy atom. The van der Waals surface area contributed by atoms with Crippen LogP contribution in [-0.4, -0.2) is 7.12 Å². The zero-order valence-corrected chi connectivity index (χ0v) is 21.2. The van der Waals surface area contributed by atoms with Gasteiger partial charge in [0.1, 0.15) is 11.2 Å². The van der Waals surface area contributed by atoms with Crippen molar-refractivity contribution in [2.24, 2.45) is 0 Å². The molecule has 0 saturated carbocycles. The third-order valence-corrected chi connectivity index (χ3v) is 7.40. The van der Waals surface area contributed by atoms with Gasteiger partial charge in [-0.25, -0.2) is 0 Å². The minimum Gasteiger partial charge on any atom is -0.390 e. The molecule has 0 amide bonds. The summed E-state index contributed by atoms with van der Waals surface area (Å²) < 4.78 is 15.5. The summed E-state index contributed by atoms with van der Waals surface area (Å²) in [6, 6.07) is 50.0. The van der Waals surface area contributed by atoms with Crippen LogP contribution in [0.5, 0.6) is 0 Å². The fourth-order valence-corrected chi connectivity index (χ4v) is 5.83. The van der Waals surface area contributed by atoms with E-state index in [0.717, 1.165) is 32.2 Å². The van der Waals surface area contributed by atoms with E-state index in [2.05, 4.69) is 125 Å². The van der Waals surface area contributed by atoms with Crippen LogP contribution >= 0.6 is 15.9 Å². The average Bonchev–Trinajstić information content (AvgIpc) is 3.33. The van der Waals surface area contributed by atoms with Gasteiger partial charge >= 0.3 is 7.12 Å². The summed E-state index contributed by atoms with van der Waals surface area (Å²) in [7, 11) is -0.608. The Hall–Kier alpha value is -3.44. The molecule has 1 fully saturated rings. The summed E-state index contributed by atoms with van der Waals surface area (Å²) in [6.07, 6.45) is 0. The molecule has 1 aliphatic heterocycles. The topological polar surface area (TPSA) is 18.5 Å². The van der Waals surface area contributed by atoms with Gasteiger partial charge in [-0.15, -0.1) is 0 Å². The molecule has 0 aromatic heterocycles. The van der Waals surface area contributed by atoms with Crippen molar-refractivity contribution in [2.45, 2.75) is 11.2 Å². The predicted molar refractivity (Wildman–Crippen MR) is 149 cm³/mol. The molecule has 36 heavy (non-hydrogen) atoms. The summed E-state index contributed by atoms with van der Waals surface area (Å²) in [5.41, 5.74) is 3.14. The molecule has 4 heteroatoms. The zero-order chi connectivity index (χ0) is 24.4.